The Kier molecular flexibility index (Phi) is 5.33. The molecule has 0 heterocycles. The van der Waals surface area contributed by atoms with E-state index in [1.165, 1.54) is 0 Å². The van der Waals surface area contributed by atoms with Crippen LogP contribution in [0.25, 0.3) is 0 Å². The van der Waals surface area contributed by atoms with Crippen LogP contribution in [-0.4, -0.2) is 12.2 Å². The van der Waals surface area contributed by atoms with Crippen molar-refractivity contribution in [1.29, 1.82) is 0 Å². The van der Waals surface area contributed by atoms with E-state index in [-0.39, 0.29) is 0 Å². The summed E-state index contributed by atoms with van der Waals surface area (Å²) in [5, 5.41) is 11.3. The molecule has 1 N–H and O–H groups in total. The van der Waals surface area contributed by atoms with Gasteiger partial charge in [0.2, 0.25) is 0 Å². The van der Waals surface area contributed by atoms with Crippen molar-refractivity contribution in [3.05, 3.63) is 62.0 Å². The molecule has 2 rings (SSSR count). The number of aliphatic hydroxyl groups excluding tert-OH is 1. The van der Waals surface area contributed by atoms with Crippen LogP contribution in [0.5, 0.6) is 5.75 Å². The van der Waals surface area contributed by atoms with Gasteiger partial charge in [0.05, 0.1) is 17.7 Å². The van der Waals surface area contributed by atoms with Gasteiger partial charge in [-0.3, -0.25) is 0 Å². The minimum atomic E-state index is -0.680. The Labute approximate surface area is 136 Å². The fraction of sp³-hybridized carbons (Fsp3) is 0.200. The molecule has 2 aromatic rings. The van der Waals surface area contributed by atoms with Gasteiger partial charge in [-0.05, 0) is 51.3 Å². The van der Waals surface area contributed by atoms with E-state index in [0.29, 0.717) is 22.0 Å². The summed E-state index contributed by atoms with van der Waals surface area (Å²) in [6.07, 6.45) is -0.218. The van der Waals surface area contributed by atoms with Crippen molar-refractivity contribution in [2.75, 3.05) is 7.11 Å². The largest absolute Gasteiger partial charge is 0.496 e. The zero-order valence-electron chi connectivity index (χ0n) is 10.7. The average molecular weight is 376 g/mol. The summed E-state index contributed by atoms with van der Waals surface area (Å²) >= 11 is 15.4. The zero-order chi connectivity index (χ0) is 14.7. The molecule has 0 saturated carbocycles. The van der Waals surface area contributed by atoms with Gasteiger partial charge >= 0.3 is 0 Å². The first-order chi connectivity index (χ1) is 9.51. The first-order valence-corrected chi connectivity index (χ1v) is 7.51. The topological polar surface area (TPSA) is 29.5 Å². The molecule has 1 unspecified atom stereocenters. The number of halogens is 3. The number of hydrogen-bond acceptors (Lipinski definition) is 2. The lowest BCUT2D eigenvalue weighted by atomic mass is 10.0. The third-order valence-corrected chi connectivity index (χ3v) is 4.15. The molecule has 0 aliphatic heterocycles. The predicted octanol–water partition coefficient (Wildman–Crippen LogP) is 5.04. The minimum Gasteiger partial charge on any atom is -0.496 e. The highest BCUT2D eigenvalue weighted by atomic mass is 79.9. The molecular weight excluding hydrogens is 363 g/mol. The Hall–Kier alpha value is -0.740. The number of methoxy groups -OCH3 is 1. The first kappa shape index (κ1) is 15.6. The monoisotopic (exact) mass is 374 g/mol. The molecule has 20 heavy (non-hydrogen) atoms. The van der Waals surface area contributed by atoms with Crippen LogP contribution in [0.1, 0.15) is 17.2 Å². The summed E-state index contributed by atoms with van der Waals surface area (Å²) < 4.78 is 6.03. The molecule has 5 heteroatoms. The van der Waals surface area contributed by atoms with Crippen LogP contribution in [-0.2, 0) is 6.42 Å². The number of benzene rings is 2. The van der Waals surface area contributed by atoms with Crippen molar-refractivity contribution in [3.8, 4) is 5.75 Å². The molecule has 0 bridgehead atoms. The van der Waals surface area contributed by atoms with Crippen LogP contribution >= 0.6 is 39.1 Å². The van der Waals surface area contributed by atoms with Crippen molar-refractivity contribution in [2.24, 2.45) is 0 Å². The van der Waals surface area contributed by atoms with Gasteiger partial charge in [-0.2, -0.15) is 0 Å². The van der Waals surface area contributed by atoms with Crippen LogP contribution in [0.3, 0.4) is 0 Å². The van der Waals surface area contributed by atoms with Crippen molar-refractivity contribution >= 4 is 39.1 Å². The highest BCUT2D eigenvalue weighted by molar-refractivity contribution is 9.10. The lowest BCUT2D eigenvalue weighted by Crippen LogP contribution is -2.03. The standard InChI is InChI=1S/C15H13BrCl2O2/c1-20-15-5-2-9(6-12(15)16)7-14(19)11-4-3-10(17)8-13(11)18/h2-6,8,14,19H,7H2,1H3. The van der Waals surface area contributed by atoms with Gasteiger partial charge in [0.25, 0.3) is 0 Å². The van der Waals surface area contributed by atoms with Crippen LogP contribution < -0.4 is 4.74 Å². The van der Waals surface area contributed by atoms with Gasteiger partial charge in [-0.15, -0.1) is 0 Å². The molecule has 0 amide bonds. The fourth-order valence-electron chi connectivity index (χ4n) is 1.94. The van der Waals surface area contributed by atoms with Gasteiger partial charge in [-0.25, -0.2) is 0 Å². The molecule has 0 aliphatic carbocycles. The fourth-order valence-corrected chi connectivity index (χ4v) is 3.06. The highest BCUT2D eigenvalue weighted by Crippen LogP contribution is 2.31. The maximum atomic E-state index is 10.3. The molecule has 0 fully saturated rings. The number of hydrogen-bond donors (Lipinski definition) is 1. The normalized spacial score (nSPS) is 12.2. The van der Waals surface area contributed by atoms with Crippen LogP contribution in [0.4, 0.5) is 0 Å². The van der Waals surface area contributed by atoms with Crippen LogP contribution in [0.15, 0.2) is 40.9 Å². The lowest BCUT2D eigenvalue weighted by Gasteiger charge is -2.14. The molecule has 0 saturated heterocycles. The van der Waals surface area contributed by atoms with Gasteiger partial charge in [0.15, 0.2) is 0 Å². The number of ether oxygens (including phenoxy) is 1. The van der Waals surface area contributed by atoms with Gasteiger partial charge < -0.3 is 9.84 Å². The van der Waals surface area contributed by atoms with Crippen molar-refractivity contribution in [3.63, 3.8) is 0 Å². The quantitative estimate of drug-likeness (QED) is 0.810. The molecule has 2 aromatic carbocycles. The van der Waals surface area contributed by atoms with Crippen LogP contribution in [0.2, 0.25) is 10.0 Å². The van der Waals surface area contributed by atoms with Crippen molar-refractivity contribution < 1.29 is 9.84 Å². The SMILES string of the molecule is COc1ccc(CC(O)c2ccc(Cl)cc2Cl)cc1Br. The summed E-state index contributed by atoms with van der Waals surface area (Å²) in [5.41, 5.74) is 1.65. The molecule has 106 valence electrons. The van der Waals surface area contributed by atoms with E-state index in [1.54, 1.807) is 25.3 Å². The van der Waals surface area contributed by atoms with Crippen molar-refractivity contribution in [1.82, 2.24) is 0 Å². The van der Waals surface area contributed by atoms with E-state index in [2.05, 4.69) is 15.9 Å². The second-order valence-electron chi connectivity index (χ2n) is 4.35. The summed E-state index contributed by atoms with van der Waals surface area (Å²) in [6, 6.07) is 10.8. The molecule has 2 nitrogen and oxygen atoms in total. The maximum Gasteiger partial charge on any atom is 0.133 e. The Morgan fingerprint density at radius 3 is 2.55 bits per heavy atom. The first-order valence-electron chi connectivity index (χ1n) is 5.96. The predicted molar refractivity (Wildman–Crippen MR) is 85.8 cm³/mol. The zero-order valence-corrected chi connectivity index (χ0v) is 13.8. The Morgan fingerprint density at radius 2 is 1.95 bits per heavy atom. The average Bonchev–Trinajstić information content (AvgIpc) is 2.38. The Bertz CT molecular complexity index is 617. The minimum absolute atomic E-state index is 0.462. The van der Waals surface area contributed by atoms with Gasteiger partial charge in [0.1, 0.15) is 5.75 Å². The highest BCUT2D eigenvalue weighted by Gasteiger charge is 2.13. The van der Waals surface area contributed by atoms with E-state index < -0.39 is 6.10 Å². The lowest BCUT2D eigenvalue weighted by molar-refractivity contribution is 0.178. The molecule has 0 aromatic heterocycles. The third-order valence-electron chi connectivity index (χ3n) is 2.97. The summed E-state index contributed by atoms with van der Waals surface area (Å²) in [7, 11) is 1.61. The smallest absolute Gasteiger partial charge is 0.133 e. The van der Waals surface area contributed by atoms with Crippen LogP contribution in [0, 0.1) is 0 Å². The molecular formula is C15H13BrCl2O2. The van der Waals surface area contributed by atoms with E-state index in [9.17, 15) is 5.11 Å². The van der Waals surface area contributed by atoms with Gasteiger partial charge in [0, 0.05) is 16.5 Å². The second-order valence-corrected chi connectivity index (χ2v) is 6.05. The molecule has 1 atom stereocenters. The van der Waals surface area contributed by atoms with Gasteiger partial charge in [-0.1, -0.05) is 35.3 Å². The van der Waals surface area contributed by atoms with Crippen molar-refractivity contribution in [2.45, 2.75) is 12.5 Å². The molecule has 0 spiro atoms. The van der Waals surface area contributed by atoms with E-state index in [1.807, 2.05) is 18.2 Å². The molecule has 0 radical (unpaired) electrons. The number of aliphatic hydroxyl groups is 1. The Morgan fingerprint density at radius 1 is 1.20 bits per heavy atom. The molecule has 0 aliphatic rings. The number of rotatable bonds is 4. The summed E-state index contributed by atoms with van der Waals surface area (Å²) in [4.78, 5) is 0. The Balaban J connectivity index is 2.18. The maximum absolute atomic E-state index is 10.3. The van der Waals surface area contributed by atoms with E-state index >= 15 is 0 Å². The van der Waals surface area contributed by atoms with E-state index in [4.69, 9.17) is 27.9 Å². The van der Waals surface area contributed by atoms with E-state index in [0.717, 1.165) is 15.8 Å². The summed E-state index contributed by atoms with van der Waals surface area (Å²) in [5.74, 6) is 0.757. The summed E-state index contributed by atoms with van der Waals surface area (Å²) in [6.45, 7) is 0. The third kappa shape index (κ3) is 3.67. The second kappa shape index (κ2) is 6.81.